The van der Waals surface area contributed by atoms with Gasteiger partial charge in [0.2, 0.25) is 0 Å². The van der Waals surface area contributed by atoms with Crippen LogP contribution < -0.4 is 0 Å². The summed E-state index contributed by atoms with van der Waals surface area (Å²) in [6.07, 6.45) is -3.93. The molecule has 0 fully saturated rings. The van der Waals surface area contributed by atoms with E-state index in [1.54, 1.807) is 0 Å². The maximum atomic E-state index is 11.4. The molecule has 0 atom stereocenters. The molecule has 0 unspecified atom stereocenters. The Morgan fingerprint density at radius 1 is 1.58 bits per heavy atom. The van der Waals surface area contributed by atoms with Crippen LogP contribution in [0.3, 0.4) is 0 Å². The van der Waals surface area contributed by atoms with Crippen molar-refractivity contribution in [1.82, 2.24) is 0 Å². The quantitative estimate of drug-likeness (QED) is 0.499. The molecule has 12 heavy (non-hydrogen) atoms. The van der Waals surface area contributed by atoms with Gasteiger partial charge in [-0.25, -0.2) is 0 Å². The van der Waals surface area contributed by atoms with E-state index in [1.165, 1.54) is 0 Å². The van der Waals surface area contributed by atoms with Gasteiger partial charge in [0.1, 0.15) is 0 Å². The second-order valence-corrected chi connectivity index (χ2v) is 2.83. The average molecular weight is 200 g/mol. The SMILES string of the molecule is C=CC[S-](=O)=NC(=O)C(F)(F)F. The summed E-state index contributed by atoms with van der Waals surface area (Å²) in [6.45, 7) is 3.12. The van der Waals surface area contributed by atoms with Crippen molar-refractivity contribution in [3.8, 4) is 0 Å². The van der Waals surface area contributed by atoms with E-state index in [-0.39, 0.29) is 5.75 Å². The van der Waals surface area contributed by atoms with Crippen LogP contribution in [0.2, 0.25) is 0 Å². The van der Waals surface area contributed by atoms with Crippen molar-refractivity contribution in [2.75, 3.05) is 5.75 Å². The summed E-state index contributed by atoms with van der Waals surface area (Å²) in [5, 5.41) is 0. The lowest BCUT2D eigenvalue weighted by atomic mass is 10.6. The Bertz CT molecular complexity index is 264. The number of amides is 1. The highest BCUT2D eigenvalue weighted by atomic mass is 32.2. The summed E-state index contributed by atoms with van der Waals surface area (Å²) >= 11 is 0. The van der Waals surface area contributed by atoms with Gasteiger partial charge in [0.05, 0.1) is 0 Å². The lowest BCUT2D eigenvalue weighted by Gasteiger charge is -2.02. The number of hydrogen-bond acceptors (Lipinski definition) is 3. The minimum Gasteiger partial charge on any atom is -0.444 e. The first-order chi connectivity index (χ1) is 5.38. The van der Waals surface area contributed by atoms with Crippen LogP contribution in [0.5, 0.6) is 0 Å². The molecular weight excluding hydrogens is 195 g/mol. The molecule has 0 spiro atoms. The first-order valence-electron chi connectivity index (χ1n) is 2.70. The summed E-state index contributed by atoms with van der Waals surface area (Å²) < 4.78 is 47.2. The minimum atomic E-state index is -5.04. The Labute approximate surface area is 68.5 Å². The van der Waals surface area contributed by atoms with Gasteiger partial charge in [0, 0.05) is 0 Å². The van der Waals surface area contributed by atoms with E-state index < -0.39 is 22.7 Å². The summed E-state index contributed by atoms with van der Waals surface area (Å²) in [7, 11) is -2.16. The van der Waals surface area contributed by atoms with Gasteiger partial charge < -0.3 is 8.57 Å². The fourth-order valence-corrected chi connectivity index (χ4v) is 0.847. The zero-order valence-corrected chi connectivity index (χ0v) is 6.61. The molecule has 0 aromatic heterocycles. The van der Waals surface area contributed by atoms with Crippen LogP contribution >= 0.6 is 0 Å². The third-order valence-corrected chi connectivity index (χ3v) is 1.58. The predicted molar refractivity (Wildman–Crippen MR) is 36.6 cm³/mol. The van der Waals surface area contributed by atoms with E-state index in [0.717, 1.165) is 6.08 Å². The van der Waals surface area contributed by atoms with Crippen LogP contribution in [-0.2, 0) is 19.6 Å². The summed E-state index contributed by atoms with van der Waals surface area (Å²) in [6, 6.07) is 0. The lowest BCUT2D eigenvalue weighted by Crippen LogP contribution is -2.20. The van der Waals surface area contributed by atoms with Crippen molar-refractivity contribution in [1.29, 1.82) is 0 Å². The molecule has 0 saturated carbocycles. The van der Waals surface area contributed by atoms with Crippen molar-refractivity contribution in [3.63, 3.8) is 0 Å². The molecule has 3 nitrogen and oxygen atoms in total. The summed E-state index contributed by atoms with van der Waals surface area (Å²) in [5.41, 5.74) is 0. The fourth-order valence-electron chi connectivity index (χ4n) is 0.282. The standard InChI is InChI=1S/C5H5F3NO2S/c1-2-3-12(11)9-4(10)5(6,7)8/h2H,1,3H2/q-1. The number of alkyl halides is 3. The van der Waals surface area contributed by atoms with Crippen molar-refractivity contribution in [2.45, 2.75) is 6.18 Å². The molecule has 0 aromatic rings. The minimum absolute atomic E-state index is 0.262. The van der Waals surface area contributed by atoms with Crippen LogP contribution in [0, 0.1) is 0 Å². The Hall–Kier alpha value is -0.850. The Morgan fingerprint density at radius 3 is 2.42 bits per heavy atom. The molecular formula is C5H5F3NO2S-. The highest BCUT2D eigenvalue weighted by Crippen LogP contribution is 2.16. The van der Waals surface area contributed by atoms with Gasteiger partial charge in [-0.2, -0.15) is 23.8 Å². The summed E-state index contributed by atoms with van der Waals surface area (Å²) in [4.78, 5) is 10.0. The Kier molecular flexibility index (Phi) is 3.94. The van der Waals surface area contributed by atoms with E-state index >= 15 is 0 Å². The lowest BCUT2D eigenvalue weighted by molar-refractivity contribution is -0.169. The molecule has 1 amide bonds. The highest BCUT2D eigenvalue weighted by molar-refractivity contribution is 7.75. The zero-order chi connectivity index (χ0) is 9.78. The van der Waals surface area contributed by atoms with E-state index in [2.05, 4.69) is 10.9 Å². The molecule has 7 heteroatoms. The first-order valence-corrected chi connectivity index (χ1v) is 3.97. The average Bonchev–Trinajstić information content (AvgIpc) is 1.85. The molecule has 0 rings (SSSR count). The summed E-state index contributed by atoms with van der Waals surface area (Å²) in [5.74, 6) is -2.59. The van der Waals surface area contributed by atoms with E-state index in [1.807, 2.05) is 0 Å². The molecule has 0 radical (unpaired) electrons. The molecule has 0 heterocycles. The Morgan fingerprint density at radius 2 is 2.08 bits per heavy atom. The van der Waals surface area contributed by atoms with Gasteiger partial charge in [-0.1, -0.05) is 5.75 Å². The van der Waals surface area contributed by atoms with E-state index in [4.69, 9.17) is 0 Å². The predicted octanol–water partition coefficient (Wildman–Crippen LogP) is 1.41. The van der Waals surface area contributed by atoms with Crippen molar-refractivity contribution < 1.29 is 22.2 Å². The number of carbonyl (C=O) groups excluding carboxylic acids is 1. The van der Waals surface area contributed by atoms with Crippen molar-refractivity contribution in [2.24, 2.45) is 4.36 Å². The van der Waals surface area contributed by atoms with Gasteiger partial charge >= 0.3 is 12.1 Å². The number of hydrogen-bond donors (Lipinski definition) is 0. The largest absolute Gasteiger partial charge is 0.471 e. The normalized spacial score (nSPS) is 14.2. The van der Waals surface area contributed by atoms with E-state index in [0.29, 0.717) is 0 Å². The highest BCUT2D eigenvalue weighted by Gasteiger charge is 2.36. The number of rotatable bonds is 2. The molecule has 0 aliphatic rings. The molecule has 70 valence electrons. The molecule has 0 aliphatic heterocycles. The number of carbonyl (C=O) groups is 1. The third-order valence-electron chi connectivity index (χ3n) is 0.688. The van der Waals surface area contributed by atoms with Crippen LogP contribution in [-0.4, -0.2) is 17.8 Å². The fraction of sp³-hybridized carbons (Fsp3) is 0.400. The van der Waals surface area contributed by atoms with Gasteiger partial charge in [-0.05, 0) is 0 Å². The van der Waals surface area contributed by atoms with Crippen LogP contribution in [0.4, 0.5) is 13.2 Å². The van der Waals surface area contributed by atoms with Crippen LogP contribution in [0.25, 0.3) is 0 Å². The second-order valence-electron chi connectivity index (χ2n) is 1.67. The van der Waals surface area contributed by atoms with Gasteiger partial charge in [0.25, 0.3) is 0 Å². The molecule has 0 bridgehead atoms. The molecule has 0 aromatic carbocycles. The maximum Gasteiger partial charge on any atom is 0.471 e. The smallest absolute Gasteiger partial charge is 0.444 e. The monoisotopic (exact) mass is 200 g/mol. The topological polar surface area (TPSA) is 46.5 Å². The number of nitrogens with zero attached hydrogens (tertiary/aromatic N) is 1. The maximum absolute atomic E-state index is 11.4. The van der Waals surface area contributed by atoms with Crippen molar-refractivity contribution >= 4 is 16.5 Å². The van der Waals surface area contributed by atoms with Crippen LogP contribution in [0.15, 0.2) is 17.0 Å². The zero-order valence-electron chi connectivity index (χ0n) is 5.80. The Balaban J connectivity index is 4.45. The van der Waals surface area contributed by atoms with Gasteiger partial charge in [-0.15, -0.1) is 12.7 Å². The first kappa shape index (κ1) is 11.2. The second kappa shape index (κ2) is 4.24. The molecule has 0 N–H and O–H groups in total. The van der Waals surface area contributed by atoms with Crippen molar-refractivity contribution in [3.05, 3.63) is 12.7 Å². The van der Waals surface area contributed by atoms with E-state index in [9.17, 15) is 22.2 Å². The molecule has 0 saturated heterocycles. The van der Waals surface area contributed by atoms with Crippen LogP contribution in [0.1, 0.15) is 0 Å². The molecule has 0 aliphatic carbocycles. The number of halogens is 3. The third kappa shape index (κ3) is 4.12. The van der Waals surface area contributed by atoms with Gasteiger partial charge in [-0.3, -0.25) is 4.79 Å². The van der Waals surface area contributed by atoms with Gasteiger partial charge in [0.15, 0.2) is 0 Å².